The van der Waals surface area contributed by atoms with Gasteiger partial charge in [-0.05, 0) is 38.0 Å². The topological polar surface area (TPSA) is 67.8 Å². The Bertz CT molecular complexity index is 731. The third kappa shape index (κ3) is 6.75. The summed E-state index contributed by atoms with van der Waals surface area (Å²) in [4.78, 5) is 10.5. The van der Waals surface area contributed by atoms with Crippen molar-refractivity contribution in [3.8, 4) is 11.5 Å². The van der Waals surface area contributed by atoms with Gasteiger partial charge in [0.05, 0.1) is 25.3 Å². The molecule has 0 aliphatic carbocycles. The van der Waals surface area contributed by atoms with Gasteiger partial charge in [-0.3, -0.25) is 0 Å². The molecule has 1 aromatic heterocycles. The molecule has 0 saturated carbocycles. The highest BCUT2D eigenvalue weighted by molar-refractivity contribution is 7.11. The van der Waals surface area contributed by atoms with Crippen molar-refractivity contribution in [2.75, 3.05) is 26.8 Å². The standard InChI is InChI=1S/C20H30N4O2S/c1-5-16-14-23-19(27-16)10-11-22-20(21-6-2)24-13-15-8-9-17(26-7-3)18(12-15)25-4/h8-9,12,14H,5-7,10-11,13H2,1-4H3,(H2,21,22,24). The molecule has 0 bridgehead atoms. The van der Waals surface area contributed by atoms with Crippen LogP contribution in [0.3, 0.4) is 0 Å². The van der Waals surface area contributed by atoms with Crippen LogP contribution in [0.2, 0.25) is 0 Å². The molecule has 0 fully saturated rings. The number of aliphatic imine (C=N–C) groups is 1. The zero-order valence-electron chi connectivity index (χ0n) is 16.7. The van der Waals surface area contributed by atoms with Crippen molar-refractivity contribution in [1.29, 1.82) is 0 Å². The van der Waals surface area contributed by atoms with E-state index in [-0.39, 0.29) is 0 Å². The molecular formula is C20H30N4O2S. The molecule has 0 aliphatic rings. The number of nitrogens with zero attached hydrogens (tertiary/aromatic N) is 2. The van der Waals surface area contributed by atoms with Crippen LogP contribution in [0, 0.1) is 0 Å². The lowest BCUT2D eigenvalue weighted by atomic mass is 10.2. The summed E-state index contributed by atoms with van der Waals surface area (Å²) in [5.74, 6) is 2.29. The lowest BCUT2D eigenvalue weighted by molar-refractivity contribution is 0.310. The summed E-state index contributed by atoms with van der Waals surface area (Å²) in [6.45, 7) is 8.97. The highest BCUT2D eigenvalue weighted by Crippen LogP contribution is 2.28. The number of rotatable bonds is 10. The van der Waals surface area contributed by atoms with Gasteiger partial charge in [-0.2, -0.15) is 0 Å². The Hall–Kier alpha value is -2.28. The van der Waals surface area contributed by atoms with Crippen LogP contribution in [0.5, 0.6) is 11.5 Å². The first-order valence-corrected chi connectivity index (χ1v) is 10.3. The molecule has 2 rings (SSSR count). The van der Waals surface area contributed by atoms with E-state index in [2.05, 4.69) is 34.5 Å². The number of aryl methyl sites for hydroxylation is 1. The number of ether oxygens (including phenoxy) is 2. The van der Waals surface area contributed by atoms with Crippen LogP contribution in [-0.2, 0) is 19.4 Å². The Morgan fingerprint density at radius 2 is 2.04 bits per heavy atom. The maximum atomic E-state index is 5.56. The molecule has 0 amide bonds. The molecule has 0 radical (unpaired) electrons. The van der Waals surface area contributed by atoms with Crippen LogP contribution >= 0.6 is 11.3 Å². The number of methoxy groups -OCH3 is 1. The number of hydrogen-bond donors (Lipinski definition) is 2. The van der Waals surface area contributed by atoms with Crippen LogP contribution in [0.15, 0.2) is 29.4 Å². The van der Waals surface area contributed by atoms with Gasteiger partial charge in [0.15, 0.2) is 17.5 Å². The minimum absolute atomic E-state index is 0.565. The van der Waals surface area contributed by atoms with Crippen LogP contribution in [0.4, 0.5) is 0 Å². The SMILES string of the molecule is CCNC(=NCc1ccc(OCC)c(OC)c1)NCCc1ncc(CC)s1. The minimum Gasteiger partial charge on any atom is -0.493 e. The molecular weight excluding hydrogens is 360 g/mol. The summed E-state index contributed by atoms with van der Waals surface area (Å²) >= 11 is 1.78. The van der Waals surface area contributed by atoms with Crippen molar-refractivity contribution in [3.05, 3.63) is 39.8 Å². The molecule has 0 spiro atoms. The van der Waals surface area contributed by atoms with E-state index in [0.29, 0.717) is 13.2 Å². The average Bonchev–Trinajstić information content (AvgIpc) is 3.15. The summed E-state index contributed by atoms with van der Waals surface area (Å²) in [6.07, 6.45) is 3.91. The number of benzene rings is 1. The second-order valence-electron chi connectivity index (χ2n) is 5.86. The third-order valence-electron chi connectivity index (χ3n) is 3.87. The Balaban J connectivity index is 1.93. The van der Waals surface area contributed by atoms with E-state index in [1.165, 1.54) is 4.88 Å². The van der Waals surface area contributed by atoms with Crippen LogP contribution in [0.1, 0.15) is 36.2 Å². The first-order valence-electron chi connectivity index (χ1n) is 9.45. The maximum absolute atomic E-state index is 5.56. The minimum atomic E-state index is 0.565. The second kappa shape index (κ2) is 11.4. The monoisotopic (exact) mass is 390 g/mol. The number of hydrogen-bond acceptors (Lipinski definition) is 5. The summed E-state index contributed by atoms with van der Waals surface area (Å²) in [7, 11) is 1.65. The number of thiazole rings is 1. The fraction of sp³-hybridized carbons (Fsp3) is 0.500. The first-order chi connectivity index (χ1) is 13.2. The molecule has 0 unspecified atom stereocenters. The molecule has 6 nitrogen and oxygen atoms in total. The van der Waals surface area contributed by atoms with Gasteiger partial charge in [-0.15, -0.1) is 11.3 Å². The Labute approximate surface area is 166 Å². The zero-order valence-corrected chi connectivity index (χ0v) is 17.5. The molecule has 1 heterocycles. The van der Waals surface area contributed by atoms with E-state index in [1.807, 2.05) is 31.3 Å². The van der Waals surface area contributed by atoms with Gasteiger partial charge in [0.1, 0.15) is 0 Å². The quantitative estimate of drug-likeness (QED) is 0.481. The van der Waals surface area contributed by atoms with E-state index in [9.17, 15) is 0 Å². The van der Waals surface area contributed by atoms with Crippen molar-refractivity contribution < 1.29 is 9.47 Å². The lowest BCUT2D eigenvalue weighted by Gasteiger charge is -2.12. The third-order valence-corrected chi connectivity index (χ3v) is 5.07. The first kappa shape index (κ1) is 21.0. The van der Waals surface area contributed by atoms with Gasteiger partial charge < -0.3 is 20.1 Å². The summed E-state index contributed by atoms with van der Waals surface area (Å²) in [6, 6.07) is 5.92. The largest absolute Gasteiger partial charge is 0.493 e. The average molecular weight is 391 g/mol. The van der Waals surface area contributed by atoms with Gasteiger partial charge in [-0.1, -0.05) is 13.0 Å². The summed E-state index contributed by atoms with van der Waals surface area (Å²) in [5, 5.41) is 7.82. The van der Waals surface area contributed by atoms with Crippen LogP contribution in [-0.4, -0.2) is 37.7 Å². The molecule has 27 heavy (non-hydrogen) atoms. The van der Waals surface area contributed by atoms with E-state index in [1.54, 1.807) is 18.4 Å². The second-order valence-corrected chi connectivity index (χ2v) is 7.06. The fourth-order valence-corrected chi connectivity index (χ4v) is 3.37. The van der Waals surface area contributed by atoms with Gasteiger partial charge in [0, 0.05) is 30.6 Å². The predicted octanol–water partition coefficient (Wildman–Crippen LogP) is 3.41. The van der Waals surface area contributed by atoms with E-state index in [0.717, 1.165) is 54.0 Å². The van der Waals surface area contributed by atoms with Gasteiger partial charge in [-0.25, -0.2) is 9.98 Å². The van der Waals surface area contributed by atoms with Crippen molar-refractivity contribution in [2.45, 2.75) is 40.2 Å². The highest BCUT2D eigenvalue weighted by Gasteiger charge is 2.06. The molecule has 1 aromatic carbocycles. The number of guanidine groups is 1. The van der Waals surface area contributed by atoms with E-state index in [4.69, 9.17) is 9.47 Å². The van der Waals surface area contributed by atoms with Gasteiger partial charge in [0.2, 0.25) is 0 Å². The van der Waals surface area contributed by atoms with Crippen LogP contribution in [0.25, 0.3) is 0 Å². The molecule has 7 heteroatoms. The maximum Gasteiger partial charge on any atom is 0.191 e. The predicted molar refractivity (Wildman–Crippen MR) is 112 cm³/mol. The highest BCUT2D eigenvalue weighted by atomic mass is 32.1. The molecule has 2 aromatic rings. The number of nitrogens with one attached hydrogen (secondary N) is 2. The molecule has 148 valence electrons. The molecule has 0 atom stereocenters. The molecule has 0 aliphatic heterocycles. The van der Waals surface area contributed by atoms with E-state index >= 15 is 0 Å². The van der Waals surface area contributed by atoms with E-state index < -0.39 is 0 Å². The fourth-order valence-electron chi connectivity index (χ4n) is 2.51. The smallest absolute Gasteiger partial charge is 0.191 e. The Morgan fingerprint density at radius 1 is 1.19 bits per heavy atom. The summed E-state index contributed by atoms with van der Waals surface area (Å²) < 4.78 is 11.0. The Kier molecular flexibility index (Phi) is 8.91. The van der Waals surface area contributed by atoms with Crippen molar-refractivity contribution in [3.63, 3.8) is 0 Å². The van der Waals surface area contributed by atoms with Gasteiger partial charge >= 0.3 is 0 Å². The number of aromatic nitrogens is 1. The lowest BCUT2D eigenvalue weighted by Crippen LogP contribution is -2.38. The Morgan fingerprint density at radius 3 is 2.70 bits per heavy atom. The van der Waals surface area contributed by atoms with Crippen molar-refractivity contribution in [2.24, 2.45) is 4.99 Å². The molecule has 2 N–H and O–H groups in total. The normalized spacial score (nSPS) is 11.3. The summed E-state index contributed by atoms with van der Waals surface area (Å²) in [5.41, 5.74) is 1.07. The van der Waals surface area contributed by atoms with Crippen molar-refractivity contribution >= 4 is 17.3 Å². The van der Waals surface area contributed by atoms with Crippen LogP contribution < -0.4 is 20.1 Å². The molecule has 0 saturated heterocycles. The van der Waals surface area contributed by atoms with Crippen molar-refractivity contribution in [1.82, 2.24) is 15.6 Å². The zero-order chi connectivity index (χ0) is 19.5. The van der Waals surface area contributed by atoms with Gasteiger partial charge in [0.25, 0.3) is 0 Å².